The van der Waals surface area contributed by atoms with Crippen LogP contribution in [-0.4, -0.2) is 30.9 Å². The number of pyridine rings is 1. The van der Waals surface area contributed by atoms with Gasteiger partial charge in [-0.1, -0.05) is 0 Å². The van der Waals surface area contributed by atoms with Crippen molar-refractivity contribution < 1.29 is 10.2 Å². The average molecular weight is 370 g/mol. The third-order valence-corrected chi connectivity index (χ3v) is 6.86. The number of benzene rings is 1. The number of aromatic nitrogens is 1. The fourth-order valence-electron chi connectivity index (χ4n) is 2.73. The molecule has 2 N–H and O–H groups in total. The molecule has 1 aromatic heterocycles. The van der Waals surface area contributed by atoms with Crippen LogP contribution in [0.4, 0.5) is 0 Å². The van der Waals surface area contributed by atoms with E-state index in [9.17, 15) is 10.2 Å². The van der Waals surface area contributed by atoms with E-state index >= 15 is 0 Å². The number of nitriles is 1. The topological polar surface area (TPSA) is 77.1 Å². The van der Waals surface area contributed by atoms with Crippen molar-refractivity contribution in [2.24, 2.45) is 0 Å². The molecule has 1 saturated carbocycles. The van der Waals surface area contributed by atoms with Gasteiger partial charge in [-0.15, -0.1) is 0 Å². The number of hydrogen-bond acceptors (Lipinski definition) is 4. The van der Waals surface area contributed by atoms with Gasteiger partial charge in [0, 0.05) is 0 Å². The molecule has 2 aromatic rings. The van der Waals surface area contributed by atoms with Gasteiger partial charge in [0.25, 0.3) is 0 Å². The summed E-state index contributed by atoms with van der Waals surface area (Å²) in [6.45, 7) is 1.64. The second-order valence-corrected chi connectivity index (χ2v) is 8.56. The molecular formula is C18H19AsN2O2. The van der Waals surface area contributed by atoms with Crippen LogP contribution in [0.5, 0.6) is 5.75 Å². The Morgan fingerprint density at radius 3 is 2.52 bits per heavy atom. The van der Waals surface area contributed by atoms with Crippen LogP contribution in [0, 0.1) is 18.3 Å². The predicted molar refractivity (Wildman–Crippen MR) is 90.2 cm³/mol. The Hall–Kier alpha value is -1.82. The minimum absolute atomic E-state index is 0.137. The molecule has 5 heteroatoms. The molecule has 118 valence electrons. The SMILES string of the molecule is Cc1nc(C2CC2)c(C[AsH]c2ccc(C#N)cc2)c(CO)c1O. The Labute approximate surface area is 142 Å². The van der Waals surface area contributed by atoms with E-state index in [0.29, 0.717) is 22.7 Å². The van der Waals surface area contributed by atoms with Gasteiger partial charge in [-0.3, -0.25) is 0 Å². The summed E-state index contributed by atoms with van der Waals surface area (Å²) in [6, 6.07) is 9.84. The Balaban J connectivity index is 1.88. The normalized spacial score (nSPS) is 14.3. The first-order chi connectivity index (χ1) is 11.1. The molecule has 4 nitrogen and oxygen atoms in total. The van der Waals surface area contributed by atoms with Crippen molar-refractivity contribution in [1.82, 2.24) is 4.98 Å². The first kappa shape index (κ1) is 16.1. The summed E-state index contributed by atoms with van der Waals surface area (Å²) < 4.78 is 1.26. The predicted octanol–water partition coefficient (Wildman–Crippen LogP) is 1.60. The molecule has 23 heavy (non-hydrogen) atoms. The Bertz CT molecular complexity index is 762. The maximum atomic E-state index is 10.2. The van der Waals surface area contributed by atoms with Gasteiger partial charge in [-0.05, 0) is 0 Å². The number of aliphatic hydroxyl groups excluding tert-OH is 1. The van der Waals surface area contributed by atoms with E-state index in [4.69, 9.17) is 5.26 Å². The number of nitrogens with zero attached hydrogens (tertiary/aromatic N) is 2. The van der Waals surface area contributed by atoms with E-state index in [1.165, 1.54) is 4.35 Å². The van der Waals surface area contributed by atoms with Gasteiger partial charge in [0.05, 0.1) is 0 Å². The second-order valence-electron chi connectivity index (χ2n) is 5.86. The minimum atomic E-state index is -0.451. The van der Waals surface area contributed by atoms with Crippen LogP contribution in [0.25, 0.3) is 0 Å². The van der Waals surface area contributed by atoms with Crippen molar-refractivity contribution in [2.45, 2.75) is 37.5 Å². The van der Waals surface area contributed by atoms with Gasteiger partial charge in [0.1, 0.15) is 0 Å². The van der Waals surface area contributed by atoms with Gasteiger partial charge >= 0.3 is 142 Å². The molecule has 1 fully saturated rings. The number of aromatic hydroxyl groups is 1. The third kappa shape index (κ3) is 3.42. The van der Waals surface area contributed by atoms with Gasteiger partial charge in [-0.2, -0.15) is 0 Å². The molecular weight excluding hydrogens is 351 g/mol. The second kappa shape index (κ2) is 6.74. The van der Waals surface area contributed by atoms with E-state index in [-0.39, 0.29) is 12.4 Å². The van der Waals surface area contributed by atoms with E-state index in [0.717, 1.165) is 29.3 Å². The molecule has 0 aliphatic heterocycles. The summed E-state index contributed by atoms with van der Waals surface area (Å²) >= 11 is -0.451. The Morgan fingerprint density at radius 1 is 1.26 bits per heavy atom. The summed E-state index contributed by atoms with van der Waals surface area (Å²) in [4.78, 5) is 4.60. The van der Waals surface area contributed by atoms with Crippen molar-refractivity contribution in [3.05, 3.63) is 52.3 Å². The van der Waals surface area contributed by atoms with Crippen molar-refractivity contribution in [3.63, 3.8) is 0 Å². The Kier molecular flexibility index (Phi) is 4.71. The van der Waals surface area contributed by atoms with Gasteiger partial charge < -0.3 is 0 Å². The number of rotatable bonds is 5. The van der Waals surface area contributed by atoms with Crippen molar-refractivity contribution in [3.8, 4) is 11.8 Å². The van der Waals surface area contributed by atoms with E-state index in [1.807, 2.05) is 24.3 Å². The van der Waals surface area contributed by atoms with Gasteiger partial charge in [-0.25, -0.2) is 0 Å². The van der Waals surface area contributed by atoms with Gasteiger partial charge in [0.2, 0.25) is 0 Å². The van der Waals surface area contributed by atoms with Crippen LogP contribution in [0.2, 0.25) is 0 Å². The molecule has 1 aliphatic rings. The zero-order valence-corrected chi connectivity index (χ0v) is 15.1. The summed E-state index contributed by atoms with van der Waals surface area (Å²) in [6.07, 6.45) is 2.29. The van der Waals surface area contributed by atoms with Gasteiger partial charge in [0.15, 0.2) is 0 Å². The maximum absolute atomic E-state index is 10.2. The van der Waals surface area contributed by atoms with E-state index < -0.39 is 15.8 Å². The van der Waals surface area contributed by atoms with Crippen LogP contribution in [-0.2, 0) is 11.8 Å². The summed E-state index contributed by atoms with van der Waals surface area (Å²) in [5.74, 6) is 0.625. The quantitative estimate of drug-likeness (QED) is 0.784. The fraction of sp³-hybridized carbons (Fsp3) is 0.333. The molecule has 0 bridgehead atoms. The first-order valence-corrected chi connectivity index (χ1v) is 10.2. The molecule has 1 aliphatic carbocycles. The molecule has 1 atom stereocenters. The van der Waals surface area contributed by atoms with Crippen LogP contribution in [0.3, 0.4) is 0 Å². The zero-order chi connectivity index (χ0) is 16.4. The van der Waals surface area contributed by atoms with E-state index in [2.05, 4.69) is 11.1 Å². The molecule has 1 unspecified atom stereocenters. The molecule has 1 heterocycles. The van der Waals surface area contributed by atoms with Crippen LogP contribution in [0.1, 0.15) is 46.8 Å². The van der Waals surface area contributed by atoms with Crippen molar-refractivity contribution in [1.29, 1.82) is 5.26 Å². The standard InChI is InChI=1S/C18H19AsN2O2/c1-11-18(23)16(10-22)15(17(21-11)13-4-5-13)8-19-14-6-2-12(9-20)3-7-14/h2-3,6-7,13,19,22-23H,4-5,8,10H2,1H3. The molecule has 0 saturated heterocycles. The number of aryl methyl sites for hydroxylation is 1. The summed E-state index contributed by atoms with van der Waals surface area (Å²) in [7, 11) is 0. The van der Waals surface area contributed by atoms with E-state index in [1.54, 1.807) is 6.92 Å². The summed E-state index contributed by atoms with van der Waals surface area (Å²) in [5.41, 5.74) is 4.05. The zero-order valence-electron chi connectivity index (χ0n) is 13.0. The van der Waals surface area contributed by atoms with Crippen molar-refractivity contribution >= 4 is 20.1 Å². The molecule has 1 aromatic carbocycles. The number of hydrogen-bond donors (Lipinski definition) is 2. The molecule has 0 amide bonds. The monoisotopic (exact) mass is 370 g/mol. The van der Waals surface area contributed by atoms with Crippen molar-refractivity contribution in [2.75, 3.05) is 0 Å². The summed E-state index contributed by atoms with van der Waals surface area (Å²) in [5, 5.41) is 29.6. The van der Waals surface area contributed by atoms with Crippen LogP contribution in [0.15, 0.2) is 24.3 Å². The van der Waals surface area contributed by atoms with Crippen LogP contribution >= 0.6 is 0 Å². The fourth-order valence-corrected chi connectivity index (χ4v) is 5.20. The molecule has 0 spiro atoms. The average Bonchev–Trinajstić information content (AvgIpc) is 3.41. The third-order valence-electron chi connectivity index (χ3n) is 4.20. The number of aliphatic hydroxyl groups is 1. The first-order valence-electron chi connectivity index (χ1n) is 7.70. The molecule has 3 rings (SSSR count). The Morgan fingerprint density at radius 2 is 1.96 bits per heavy atom. The van der Waals surface area contributed by atoms with Crippen LogP contribution < -0.4 is 4.35 Å². The molecule has 0 radical (unpaired) electrons.